The molecule has 1 aromatic rings. The molecule has 0 saturated heterocycles. The van der Waals surface area contributed by atoms with Gasteiger partial charge in [-0.1, -0.05) is 30.3 Å². The molecule has 0 aliphatic rings. The maximum absolute atomic E-state index is 11.5. The molecule has 0 bridgehead atoms. The highest BCUT2D eigenvalue weighted by Gasteiger charge is 2.13. The number of benzene rings is 1. The summed E-state index contributed by atoms with van der Waals surface area (Å²) in [6, 6.07) is 8.79. The molecule has 17 heavy (non-hydrogen) atoms. The normalized spacial score (nSPS) is 11.8. The molecule has 1 rings (SSSR count). The number of rotatable bonds is 6. The minimum Gasteiger partial charge on any atom is -0.481 e. The average Bonchev–Trinajstić information content (AvgIpc) is 2.29. The largest absolute Gasteiger partial charge is 0.481 e. The lowest BCUT2D eigenvalue weighted by atomic mass is 10.1. The zero-order chi connectivity index (χ0) is 12.7. The van der Waals surface area contributed by atoms with Gasteiger partial charge in [0.1, 0.15) is 0 Å². The maximum Gasteiger partial charge on any atom is 0.305 e. The molecule has 1 atom stereocenters. The van der Waals surface area contributed by atoms with E-state index in [0.29, 0.717) is 6.42 Å². The van der Waals surface area contributed by atoms with Crippen molar-refractivity contribution in [1.82, 2.24) is 5.32 Å². The third-order valence-electron chi connectivity index (χ3n) is 2.27. The van der Waals surface area contributed by atoms with E-state index in [4.69, 9.17) is 10.8 Å². The predicted octanol–water partition coefficient (Wildman–Crippen LogP) is 0.147. The number of amides is 1. The molecule has 4 N–H and O–H groups in total. The lowest BCUT2D eigenvalue weighted by molar-refractivity contribution is -0.136. The average molecular weight is 236 g/mol. The number of nitrogens with one attached hydrogen (secondary N) is 1. The van der Waals surface area contributed by atoms with Crippen LogP contribution in [0.25, 0.3) is 0 Å². The third kappa shape index (κ3) is 5.12. The van der Waals surface area contributed by atoms with Gasteiger partial charge in [0.05, 0.1) is 12.5 Å². The van der Waals surface area contributed by atoms with Crippen LogP contribution < -0.4 is 11.1 Å². The number of carbonyl (C=O) groups excluding carboxylic acids is 1. The molecule has 0 radical (unpaired) electrons. The third-order valence-corrected chi connectivity index (χ3v) is 2.27. The van der Waals surface area contributed by atoms with Gasteiger partial charge < -0.3 is 16.2 Å². The highest BCUT2D eigenvalue weighted by atomic mass is 16.4. The molecule has 0 aromatic heterocycles. The van der Waals surface area contributed by atoms with Crippen molar-refractivity contribution in [2.24, 2.45) is 5.73 Å². The van der Waals surface area contributed by atoms with E-state index < -0.39 is 12.0 Å². The van der Waals surface area contributed by atoms with Gasteiger partial charge in [0.25, 0.3) is 0 Å². The van der Waals surface area contributed by atoms with Gasteiger partial charge in [-0.05, 0) is 12.0 Å². The van der Waals surface area contributed by atoms with Crippen LogP contribution in [0.2, 0.25) is 0 Å². The monoisotopic (exact) mass is 236 g/mol. The first kappa shape index (κ1) is 13.2. The summed E-state index contributed by atoms with van der Waals surface area (Å²) in [7, 11) is 0. The van der Waals surface area contributed by atoms with Crippen molar-refractivity contribution in [3.63, 3.8) is 0 Å². The summed E-state index contributed by atoms with van der Waals surface area (Å²) in [5.41, 5.74) is 6.69. The highest BCUT2D eigenvalue weighted by molar-refractivity contribution is 5.82. The molecule has 1 amide bonds. The number of hydrogen-bond donors (Lipinski definition) is 3. The Morgan fingerprint density at radius 2 is 1.94 bits per heavy atom. The Morgan fingerprint density at radius 1 is 1.29 bits per heavy atom. The van der Waals surface area contributed by atoms with Gasteiger partial charge in [-0.2, -0.15) is 0 Å². The van der Waals surface area contributed by atoms with Crippen LogP contribution in [0.15, 0.2) is 30.3 Å². The molecule has 0 aliphatic heterocycles. The van der Waals surface area contributed by atoms with Crippen molar-refractivity contribution in [1.29, 1.82) is 0 Å². The maximum atomic E-state index is 11.5. The Morgan fingerprint density at radius 3 is 2.53 bits per heavy atom. The summed E-state index contributed by atoms with van der Waals surface area (Å²) >= 11 is 0. The molecule has 92 valence electrons. The minimum absolute atomic E-state index is 0.0935. The smallest absolute Gasteiger partial charge is 0.305 e. The van der Waals surface area contributed by atoms with E-state index in [1.165, 1.54) is 0 Å². The minimum atomic E-state index is -0.943. The summed E-state index contributed by atoms with van der Waals surface area (Å²) in [5.74, 6) is -1.27. The molecule has 5 heteroatoms. The number of nitrogens with two attached hydrogens (primary N) is 1. The van der Waals surface area contributed by atoms with Crippen LogP contribution in [0.3, 0.4) is 0 Å². The molecule has 0 saturated carbocycles. The Balaban J connectivity index is 2.34. The van der Waals surface area contributed by atoms with Crippen LogP contribution in [0.1, 0.15) is 12.0 Å². The Hall–Kier alpha value is -1.88. The molecule has 0 fully saturated rings. The second kappa shape index (κ2) is 6.65. The Labute approximate surface area is 99.6 Å². The number of hydrogen-bond acceptors (Lipinski definition) is 3. The summed E-state index contributed by atoms with van der Waals surface area (Å²) in [5, 5.41) is 10.9. The molecular formula is C12H16N2O3. The van der Waals surface area contributed by atoms with Crippen molar-refractivity contribution < 1.29 is 14.7 Å². The predicted molar refractivity (Wildman–Crippen MR) is 63.4 cm³/mol. The summed E-state index contributed by atoms with van der Waals surface area (Å²) < 4.78 is 0. The van der Waals surface area contributed by atoms with Crippen molar-refractivity contribution in [2.75, 3.05) is 6.54 Å². The molecular weight excluding hydrogens is 220 g/mol. The molecule has 0 spiro atoms. The Kier molecular flexibility index (Phi) is 5.16. The van der Waals surface area contributed by atoms with E-state index in [-0.39, 0.29) is 18.9 Å². The van der Waals surface area contributed by atoms with E-state index in [9.17, 15) is 9.59 Å². The zero-order valence-corrected chi connectivity index (χ0v) is 9.43. The first-order chi connectivity index (χ1) is 8.09. The van der Waals surface area contributed by atoms with E-state index in [1.54, 1.807) is 0 Å². The fraction of sp³-hybridized carbons (Fsp3) is 0.333. The van der Waals surface area contributed by atoms with Crippen LogP contribution in [0.5, 0.6) is 0 Å². The van der Waals surface area contributed by atoms with Gasteiger partial charge in [0, 0.05) is 6.54 Å². The SMILES string of the molecule is NC(Cc1ccccc1)C(=O)NCCC(=O)O. The standard InChI is InChI=1S/C12H16N2O3/c13-10(8-9-4-2-1-3-5-9)12(17)14-7-6-11(15)16/h1-5,10H,6-8,13H2,(H,14,17)(H,15,16). The summed E-state index contributed by atoms with van der Waals surface area (Å²) in [6.45, 7) is 0.108. The van der Waals surface area contributed by atoms with E-state index in [1.807, 2.05) is 30.3 Å². The van der Waals surface area contributed by atoms with Crippen LogP contribution in [0.4, 0.5) is 0 Å². The van der Waals surface area contributed by atoms with E-state index in [2.05, 4.69) is 5.32 Å². The second-order valence-corrected chi connectivity index (χ2v) is 3.73. The van der Waals surface area contributed by atoms with E-state index in [0.717, 1.165) is 5.56 Å². The van der Waals surface area contributed by atoms with Crippen LogP contribution in [0, 0.1) is 0 Å². The van der Waals surface area contributed by atoms with Crippen molar-refractivity contribution in [2.45, 2.75) is 18.9 Å². The van der Waals surface area contributed by atoms with E-state index >= 15 is 0 Å². The number of carbonyl (C=O) groups is 2. The lowest BCUT2D eigenvalue weighted by Crippen LogP contribution is -2.42. The Bertz CT molecular complexity index is 379. The van der Waals surface area contributed by atoms with Gasteiger partial charge in [0.15, 0.2) is 0 Å². The number of carboxylic acids is 1. The fourth-order valence-corrected chi connectivity index (χ4v) is 1.38. The number of aliphatic carboxylic acids is 1. The van der Waals surface area contributed by atoms with Crippen LogP contribution in [-0.4, -0.2) is 29.6 Å². The molecule has 1 aromatic carbocycles. The first-order valence-corrected chi connectivity index (χ1v) is 5.38. The fourth-order valence-electron chi connectivity index (χ4n) is 1.38. The molecule has 1 unspecified atom stereocenters. The van der Waals surface area contributed by atoms with Crippen LogP contribution >= 0.6 is 0 Å². The van der Waals surface area contributed by atoms with Crippen LogP contribution in [-0.2, 0) is 16.0 Å². The zero-order valence-electron chi connectivity index (χ0n) is 9.43. The summed E-state index contributed by atoms with van der Waals surface area (Å²) in [6.07, 6.45) is 0.351. The quantitative estimate of drug-likeness (QED) is 0.655. The lowest BCUT2D eigenvalue weighted by Gasteiger charge is -2.11. The van der Waals surface area contributed by atoms with Crippen molar-refractivity contribution in [3.8, 4) is 0 Å². The molecule has 5 nitrogen and oxygen atoms in total. The number of carboxylic acid groups (broad SMARTS) is 1. The first-order valence-electron chi connectivity index (χ1n) is 5.38. The molecule has 0 aliphatic carbocycles. The van der Waals surface area contributed by atoms with Gasteiger partial charge >= 0.3 is 5.97 Å². The summed E-state index contributed by atoms with van der Waals surface area (Å²) in [4.78, 5) is 21.8. The van der Waals surface area contributed by atoms with Crippen molar-refractivity contribution >= 4 is 11.9 Å². The van der Waals surface area contributed by atoms with Crippen molar-refractivity contribution in [3.05, 3.63) is 35.9 Å². The molecule has 0 heterocycles. The van der Waals surface area contributed by atoms with Gasteiger partial charge in [-0.25, -0.2) is 0 Å². The second-order valence-electron chi connectivity index (χ2n) is 3.73. The van der Waals surface area contributed by atoms with Gasteiger partial charge in [0.2, 0.25) is 5.91 Å². The topological polar surface area (TPSA) is 92.4 Å². The van der Waals surface area contributed by atoms with Gasteiger partial charge in [-0.15, -0.1) is 0 Å². The highest BCUT2D eigenvalue weighted by Crippen LogP contribution is 2.01. The van der Waals surface area contributed by atoms with Gasteiger partial charge in [-0.3, -0.25) is 9.59 Å².